The molecular weight excluding hydrogens is 358 g/mol. The zero-order valence-corrected chi connectivity index (χ0v) is 16.4. The second-order valence-corrected chi connectivity index (χ2v) is 7.53. The molecule has 8 heteroatoms. The summed E-state index contributed by atoms with van der Waals surface area (Å²) < 4.78 is 34.6. The van der Waals surface area contributed by atoms with Crippen molar-refractivity contribution in [3.8, 4) is 0 Å². The van der Waals surface area contributed by atoms with Gasteiger partial charge >= 0.3 is 5.97 Å². The van der Waals surface area contributed by atoms with E-state index < -0.39 is 10.1 Å². The summed E-state index contributed by atoms with van der Waals surface area (Å²) in [6.07, 6.45) is 2.48. The average Bonchev–Trinajstić information content (AvgIpc) is 2.58. The maximum absolute atomic E-state index is 11.2. The van der Waals surface area contributed by atoms with Crippen LogP contribution in [-0.2, 0) is 24.4 Å². The molecule has 148 valence electrons. The summed E-state index contributed by atoms with van der Waals surface area (Å²) in [6, 6.07) is 5.99. The molecule has 1 aromatic carbocycles. The smallest absolute Gasteiger partial charge is 0.306 e. The van der Waals surface area contributed by atoms with Gasteiger partial charge in [-0.15, -0.1) is 0 Å². The van der Waals surface area contributed by atoms with Crippen molar-refractivity contribution in [2.45, 2.75) is 51.3 Å². The van der Waals surface area contributed by atoms with Gasteiger partial charge in [-0.1, -0.05) is 38.0 Å². The Morgan fingerprint density at radius 2 is 1.77 bits per heavy atom. The molecule has 0 aliphatic carbocycles. The fourth-order valence-corrected chi connectivity index (χ4v) is 2.42. The van der Waals surface area contributed by atoms with Gasteiger partial charge in [-0.05, 0) is 31.4 Å². The Hall–Kier alpha value is -1.77. The molecule has 0 aliphatic heterocycles. The van der Waals surface area contributed by atoms with Gasteiger partial charge in [0.1, 0.15) is 5.78 Å². The van der Waals surface area contributed by atoms with Crippen molar-refractivity contribution in [1.82, 2.24) is 0 Å². The number of hydrogen-bond acceptors (Lipinski definition) is 6. The van der Waals surface area contributed by atoms with Crippen LogP contribution in [0.2, 0.25) is 0 Å². The highest BCUT2D eigenvalue weighted by Gasteiger charge is 2.09. The maximum atomic E-state index is 11.2. The van der Waals surface area contributed by atoms with Gasteiger partial charge in [0, 0.05) is 6.42 Å². The zero-order chi connectivity index (χ0) is 20.2. The number of rotatable bonds is 9. The lowest BCUT2D eigenvalue weighted by Crippen LogP contribution is -2.17. The fourth-order valence-electron chi connectivity index (χ4n) is 1.94. The van der Waals surface area contributed by atoms with Crippen molar-refractivity contribution in [2.24, 2.45) is 11.7 Å². The van der Waals surface area contributed by atoms with Gasteiger partial charge in [0.05, 0.1) is 24.5 Å². The third kappa shape index (κ3) is 11.7. The van der Waals surface area contributed by atoms with E-state index in [9.17, 15) is 18.0 Å². The predicted molar refractivity (Wildman–Crippen MR) is 99.3 cm³/mol. The topological polar surface area (TPSA) is 124 Å². The number of ketones is 1. The van der Waals surface area contributed by atoms with Crippen molar-refractivity contribution in [3.63, 3.8) is 0 Å². The van der Waals surface area contributed by atoms with Crippen LogP contribution in [-0.4, -0.2) is 37.9 Å². The Morgan fingerprint density at radius 3 is 2.23 bits per heavy atom. The number of ether oxygens (including phenoxy) is 1. The van der Waals surface area contributed by atoms with Crippen molar-refractivity contribution in [1.29, 1.82) is 0 Å². The second-order valence-electron chi connectivity index (χ2n) is 6.11. The molecule has 3 N–H and O–H groups in total. The molecule has 0 aliphatic rings. The molecule has 1 atom stereocenters. The van der Waals surface area contributed by atoms with Crippen LogP contribution in [0.25, 0.3) is 0 Å². The minimum absolute atomic E-state index is 0.000479. The highest BCUT2D eigenvalue weighted by atomic mass is 32.2. The Labute approximate surface area is 155 Å². The molecule has 0 spiro atoms. The first-order valence-electron chi connectivity index (χ1n) is 8.51. The van der Waals surface area contributed by atoms with E-state index in [0.717, 1.165) is 18.4 Å². The van der Waals surface area contributed by atoms with Gasteiger partial charge in [0.2, 0.25) is 0 Å². The Balaban J connectivity index is 0.000000502. The van der Waals surface area contributed by atoms with Crippen LogP contribution in [0.4, 0.5) is 0 Å². The van der Waals surface area contributed by atoms with E-state index in [-0.39, 0.29) is 36.0 Å². The Morgan fingerprint density at radius 1 is 1.19 bits per heavy atom. The molecular formula is C18H29NO6S. The first-order chi connectivity index (χ1) is 12.1. The quantitative estimate of drug-likeness (QED) is 0.493. The second kappa shape index (κ2) is 12.6. The van der Waals surface area contributed by atoms with E-state index in [0.29, 0.717) is 12.5 Å². The van der Waals surface area contributed by atoms with Crippen LogP contribution >= 0.6 is 0 Å². The largest absolute Gasteiger partial charge is 0.465 e. The van der Waals surface area contributed by atoms with Crippen molar-refractivity contribution in [2.75, 3.05) is 13.2 Å². The van der Waals surface area contributed by atoms with Crippen LogP contribution < -0.4 is 5.73 Å². The van der Waals surface area contributed by atoms with E-state index >= 15 is 0 Å². The first kappa shape index (κ1) is 24.2. The molecule has 1 rings (SSSR count). The summed E-state index contributed by atoms with van der Waals surface area (Å²) in [5.41, 5.74) is 6.07. The summed E-state index contributed by atoms with van der Waals surface area (Å²) in [7, 11) is -4.02. The van der Waals surface area contributed by atoms with Crippen LogP contribution in [0.15, 0.2) is 29.2 Å². The lowest BCUT2D eigenvalue weighted by atomic mass is 10.1. The number of nitrogens with two attached hydrogens (primary N) is 1. The summed E-state index contributed by atoms with van der Waals surface area (Å²) in [6.45, 7) is 6.43. The van der Waals surface area contributed by atoms with Crippen LogP contribution in [0.3, 0.4) is 0 Å². The summed E-state index contributed by atoms with van der Waals surface area (Å²) in [5, 5.41) is 0. The number of Topliss-reactive ketones (excluding diaryl/α,β-unsaturated/α-hetero) is 1. The number of esters is 1. The third-order valence-corrected chi connectivity index (χ3v) is 4.33. The summed E-state index contributed by atoms with van der Waals surface area (Å²) in [4.78, 5) is 21.9. The van der Waals surface area contributed by atoms with Gasteiger partial charge in [-0.25, -0.2) is 0 Å². The van der Waals surface area contributed by atoms with E-state index in [1.807, 2.05) is 13.8 Å². The number of hydrogen-bond donors (Lipinski definition) is 2. The summed E-state index contributed by atoms with van der Waals surface area (Å²) in [5.74, 6) is -0.0162. The van der Waals surface area contributed by atoms with E-state index in [1.165, 1.54) is 12.1 Å². The van der Waals surface area contributed by atoms with Crippen molar-refractivity contribution >= 4 is 21.9 Å². The molecule has 0 saturated carbocycles. The lowest BCUT2D eigenvalue weighted by Gasteiger charge is -2.10. The average molecular weight is 387 g/mol. The summed E-state index contributed by atoms with van der Waals surface area (Å²) >= 11 is 0. The number of benzene rings is 1. The molecule has 0 saturated heterocycles. The normalized spacial score (nSPS) is 11.9. The molecule has 0 fully saturated rings. The van der Waals surface area contributed by atoms with Gasteiger partial charge < -0.3 is 10.5 Å². The predicted octanol–water partition coefficient (Wildman–Crippen LogP) is 2.52. The van der Waals surface area contributed by atoms with Crippen LogP contribution in [0.1, 0.15) is 45.1 Å². The molecule has 1 unspecified atom stereocenters. The highest BCUT2D eigenvalue weighted by molar-refractivity contribution is 7.85. The minimum atomic E-state index is -4.02. The molecule has 26 heavy (non-hydrogen) atoms. The molecule has 0 heterocycles. The molecule has 7 nitrogen and oxygen atoms in total. The number of carbonyl (C=O) groups is 2. The molecule has 1 aromatic rings. The van der Waals surface area contributed by atoms with Crippen molar-refractivity contribution in [3.05, 3.63) is 29.8 Å². The molecule has 0 amide bonds. The first-order valence-corrected chi connectivity index (χ1v) is 9.95. The Kier molecular flexibility index (Phi) is 11.7. The zero-order valence-electron chi connectivity index (χ0n) is 15.6. The number of carbonyl (C=O) groups excluding carboxylic acids is 2. The maximum Gasteiger partial charge on any atom is 0.306 e. The fraction of sp³-hybridized carbons (Fsp3) is 0.556. The van der Waals surface area contributed by atoms with Crippen LogP contribution in [0.5, 0.6) is 0 Å². The van der Waals surface area contributed by atoms with E-state index in [4.69, 9.17) is 15.0 Å². The van der Waals surface area contributed by atoms with Crippen LogP contribution in [0, 0.1) is 12.8 Å². The van der Waals surface area contributed by atoms with Gasteiger partial charge in [0.15, 0.2) is 0 Å². The monoisotopic (exact) mass is 387 g/mol. The molecule has 0 aromatic heterocycles. The Bertz CT molecular complexity index is 655. The standard InChI is InChI=1S/C11H21NO3.C7H8O3S/c1-3-4-9(2)8-15-11(14)6-5-10(13)7-12;1-6-2-4-7(5-3-6)11(8,9)10/h9H,3-8,12H2,1-2H3;2-5H,1H3,(H,8,9,10). The SMILES string of the molecule is CCCC(C)COC(=O)CCC(=O)CN.Cc1ccc(S(=O)(=O)O)cc1. The molecule has 0 radical (unpaired) electrons. The molecule has 0 bridgehead atoms. The van der Waals surface area contributed by atoms with Gasteiger partial charge in [-0.3, -0.25) is 14.1 Å². The number of aryl methyl sites for hydroxylation is 1. The van der Waals surface area contributed by atoms with Crippen molar-refractivity contribution < 1.29 is 27.3 Å². The third-order valence-electron chi connectivity index (χ3n) is 3.46. The lowest BCUT2D eigenvalue weighted by molar-refractivity contribution is -0.146. The van der Waals surface area contributed by atoms with E-state index in [1.54, 1.807) is 12.1 Å². The minimum Gasteiger partial charge on any atom is -0.465 e. The van der Waals surface area contributed by atoms with Gasteiger partial charge in [0.25, 0.3) is 10.1 Å². The van der Waals surface area contributed by atoms with E-state index in [2.05, 4.69) is 6.92 Å². The highest BCUT2D eigenvalue weighted by Crippen LogP contribution is 2.08. The van der Waals surface area contributed by atoms with Gasteiger partial charge in [-0.2, -0.15) is 8.42 Å².